The number of anilines is 1. The van der Waals surface area contributed by atoms with Crippen LogP contribution in [0.15, 0.2) is 35.9 Å². The van der Waals surface area contributed by atoms with Crippen molar-refractivity contribution in [2.45, 2.75) is 32.7 Å². The molecule has 3 rings (SSSR count). The van der Waals surface area contributed by atoms with Crippen LogP contribution >= 0.6 is 0 Å². The first-order chi connectivity index (χ1) is 14.4. The lowest BCUT2D eigenvalue weighted by Gasteiger charge is -2.21. The van der Waals surface area contributed by atoms with Crippen molar-refractivity contribution in [1.82, 2.24) is 5.32 Å². The molecule has 0 spiro atoms. The number of hydrogen-bond donors (Lipinski definition) is 2. The van der Waals surface area contributed by atoms with E-state index >= 15 is 0 Å². The molecule has 0 unspecified atom stereocenters. The molecule has 0 aromatic heterocycles. The third kappa shape index (κ3) is 5.41. The Morgan fingerprint density at radius 3 is 2.29 bits per heavy atom. The van der Waals surface area contributed by atoms with E-state index in [1.165, 1.54) is 0 Å². The average molecular weight is 451 g/mol. The van der Waals surface area contributed by atoms with Crippen molar-refractivity contribution < 1.29 is 26.7 Å². The predicted molar refractivity (Wildman–Crippen MR) is 115 cm³/mol. The zero-order valence-electron chi connectivity index (χ0n) is 17.6. The fourth-order valence-electron chi connectivity index (χ4n) is 3.17. The van der Waals surface area contributed by atoms with Crippen LogP contribution in [-0.2, 0) is 14.8 Å². The van der Waals surface area contributed by atoms with Gasteiger partial charge in [-0.25, -0.2) is 17.2 Å². The monoisotopic (exact) mass is 450 g/mol. The Bertz CT molecular complexity index is 1140. The predicted octanol–water partition coefficient (Wildman–Crippen LogP) is 4.11. The zero-order chi connectivity index (χ0) is 22.9. The van der Waals surface area contributed by atoms with Gasteiger partial charge in [-0.05, 0) is 48.2 Å². The van der Waals surface area contributed by atoms with E-state index in [0.29, 0.717) is 17.2 Å². The van der Waals surface area contributed by atoms with Gasteiger partial charge in [-0.1, -0.05) is 26.0 Å². The standard InChI is InChI=1S/C22H24F2N2O4S/c1-12(2)14-5-6-15-7-17(11-30-20(15)10-14)22(27)25-13(3)16-8-18(23)21(19(24)9-16)26-31(4,28)29/h5-10,12-13,26H,11H2,1-4H3,(H,25,27)/t13-/m1/s1. The van der Waals surface area contributed by atoms with E-state index in [2.05, 4.69) is 19.2 Å². The molecule has 0 fully saturated rings. The van der Waals surface area contributed by atoms with E-state index in [4.69, 9.17) is 4.74 Å². The lowest BCUT2D eigenvalue weighted by molar-refractivity contribution is -0.118. The Morgan fingerprint density at radius 1 is 1.06 bits per heavy atom. The Hall–Kier alpha value is -2.94. The van der Waals surface area contributed by atoms with Crippen molar-refractivity contribution in [3.8, 4) is 5.75 Å². The van der Waals surface area contributed by atoms with Gasteiger partial charge < -0.3 is 10.1 Å². The molecule has 2 N–H and O–H groups in total. The van der Waals surface area contributed by atoms with Crippen molar-refractivity contribution in [3.63, 3.8) is 0 Å². The minimum absolute atomic E-state index is 0.0764. The van der Waals surface area contributed by atoms with Gasteiger partial charge in [0.15, 0.2) is 11.6 Å². The van der Waals surface area contributed by atoms with Gasteiger partial charge in [-0.2, -0.15) is 0 Å². The van der Waals surface area contributed by atoms with Gasteiger partial charge in [0, 0.05) is 5.56 Å². The maximum atomic E-state index is 14.2. The topological polar surface area (TPSA) is 84.5 Å². The summed E-state index contributed by atoms with van der Waals surface area (Å²) in [5.41, 5.74) is 1.69. The molecule has 0 saturated heterocycles. The van der Waals surface area contributed by atoms with Gasteiger partial charge in [0.25, 0.3) is 5.91 Å². The maximum Gasteiger partial charge on any atom is 0.251 e. The van der Waals surface area contributed by atoms with Crippen molar-refractivity contribution in [1.29, 1.82) is 0 Å². The minimum atomic E-state index is -3.84. The van der Waals surface area contributed by atoms with Crippen LogP contribution in [0.1, 0.15) is 49.4 Å². The number of halogens is 2. The maximum absolute atomic E-state index is 14.2. The lowest BCUT2D eigenvalue weighted by Crippen LogP contribution is -2.31. The van der Waals surface area contributed by atoms with Crippen LogP contribution in [0.5, 0.6) is 5.75 Å². The molecule has 2 aromatic carbocycles. The number of nitrogens with one attached hydrogen (secondary N) is 2. The Kier molecular flexibility index (Phi) is 6.35. The summed E-state index contributed by atoms with van der Waals surface area (Å²) in [6, 6.07) is 7.05. The van der Waals surface area contributed by atoms with Gasteiger partial charge in [0.1, 0.15) is 18.0 Å². The van der Waals surface area contributed by atoms with Crippen LogP contribution in [0, 0.1) is 11.6 Å². The molecule has 9 heteroatoms. The van der Waals surface area contributed by atoms with Crippen LogP contribution in [-0.4, -0.2) is 27.2 Å². The second-order valence-electron chi connectivity index (χ2n) is 7.84. The Morgan fingerprint density at radius 2 is 1.71 bits per heavy atom. The van der Waals surface area contributed by atoms with E-state index in [0.717, 1.165) is 29.5 Å². The fourth-order valence-corrected chi connectivity index (χ4v) is 3.73. The van der Waals surface area contributed by atoms with E-state index < -0.39 is 39.3 Å². The van der Waals surface area contributed by atoms with Crippen molar-refractivity contribution in [2.75, 3.05) is 17.6 Å². The summed E-state index contributed by atoms with van der Waals surface area (Å²) in [5.74, 6) is -1.52. The quantitative estimate of drug-likeness (QED) is 0.694. The zero-order valence-corrected chi connectivity index (χ0v) is 18.4. The molecule has 1 aliphatic rings. The molecular weight excluding hydrogens is 426 g/mol. The summed E-state index contributed by atoms with van der Waals surface area (Å²) < 4.78 is 58.5. The molecular formula is C22H24F2N2O4S. The first-order valence-electron chi connectivity index (χ1n) is 9.69. The highest BCUT2D eigenvalue weighted by molar-refractivity contribution is 7.92. The van der Waals surface area contributed by atoms with Crippen LogP contribution in [0.2, 0.25) is 0 Å². The van der Waals surface area contributed by atoms with E-state index in [9.17, 15) is 22.0 Å². The first kappa shape index (κ1) is 22.7. The van der Waals surface area contributed by atoms with E-state index in [-0.39, 0.29) is 12.2 Å². The summed E-state index contributed by atoms with van der Waals surface area (Å²) in [7, 11) is -3.84. The van der Waals surface area contributed by atoms with Crippen LogP contribution < -0.4 is 14.8 Å². The number of ether oxygens (including phenoxy) is 1. The molecule has 1 amide bonds. The molecule has 0 aliphatic carbocycles. The number of benzene rings is 2. The summed E-state index contributed by atoms with van der Waals surface area (Å²) in [6.45, 7) is 5.81. The summed E-state index contributed by atoms with van der Waals surface area (Å²) in [6.07, 6.45) is 2.52. The summed E-state index contributed by atoms with van der Waals surface area (Å²) >= 11 is 0. The van der Waals surface area contributed by atoms with Crippen LogP contribution in [0.25, 0.3) is 6.08 Å². The van der Waals surface area contributed by atoms with Gasteiger partial charge in [-0.15, -0.1) is 0 Å². The minimum Gasteiger partial charge on any atom is -0.488 e. The van der Waals surface area contributed by atoms with E-state index in [1.54, 1.807) is 17.7 Å². The number of carbonyl (C=O) groups excluding carboxylic acids is 1. The summed E-state index contributed by atoms with van der Waals surface area (Å²) in [4.78, 5) is 12.7. The molecule has 0 saturated carbocycles. The molecule has 6 nitrogen and oxygen atoms in total. The number of sulfonamides is 1. The number of fused-ring (bicyclic) bond motifs is 1. The fraction of sp³-hybridized carbons (Fsp3) is 0.318. The van der Waals surface area contributed by atoms with Gasteiger partial charge >= 0.3 is 0 Å². The number of rotatable bonds is 6. The molecule has 0 bridgehead atoms. The first-order valence-corrected chi connectivity index (χ1v) is 11.6. The highest BCUT2D eigenvalue weighted by Crippen LogP contribution is 2.30. The highest BCUT2D eigenvalue weighted by atomic mass is 32.2. The van der Waals surface area contributed by atoms with Crippen molar-refractivity contribution >= 4 is 27.7 Å². The molecule has 1 atom stereocenters. The Labute approximate surface area is 180 Å². The molecule has 2 aromatic rings. The van der Waals surface area contributed by atoms with Gasteiger partial charge in [-0.3, -0.25) is 9.52 Å². The lowest BCUT2D eigenvalue weighted by atomic mass is 9.98. The third-order valence-corrected chi connectivity index (χ3v) is 5.48. The normalized spacial score (nSPS) is 14.4. The average Bonchev–Trinajstić information content (AvgIpc) is 2.68. The van der Waals surface area contributed by atoms with Gasteiger partial charge in [0.05, 0.1) is 17.9 Å². The number of amides is 1. The number of hydrogen-bond acceptors (Lipinski definition) is 4. The SMILES string of the molecule is CC(C)c1ccc2c(c1)OCC(C(=O)N[C@H](C)c1cc(F)c(NS(C)(=O)=O)c(F)c1)=C2. The highest BCUT2D eigenvalue weighted by Gasteiger charge is 2.22. The molecule has 31 heavy (non-hydrogen) atoms. The third-order valence-electron chi connectivity index (χ3n) is 4.91. The van der Waals surface area contributed by atoms with Crippen molar-refractivity contribution in [3.05, 3.63) is 64.2 Å². The largest absolute Gasteiger partial charge is 0.488 e. The Balaban J connectivity index is 1.76. The molecule has 1 aliphatic heterocycles. The second-order valence-corrected chi connectivity index (χ2v) is 9.59. The molecule has 166 valence electrons. The summed E-state index contributed by atoms with van der Waals surface area (Å²) in [5, 5.41) is 2.69. The van der Waals surface area contributed by atoms with Crippen molar-refractivity contribution in [2.24, 2.45) is 0 Å². The molecule has 1 heterocycles. The number of carbonyl (C=O) groups is 1. The van der Waals surface area contributed by atoms with Crippen LogP contribution in [0.4, 0.5) is 14.5 Å². The van der Waals surface area contributed by atoms with Gasteiger partial charge in [0.2, 0.25) is 10.0 Å². The van der Waals surface area contributed by atoms with Crippen LogP contribution in [0.3, 0.4) is 0 Å². The second kappa shape index (κ2) is 8.66. The smallest absolute Gasteiger partial charge is 0.251 e. The van der Waals surface area contributed by atoms with E-state index in [1.807, 2.05) is 18.2 Å². The molecule has 0 radical (unpaired) electrons.